The minimum absolute atomic E-state index is 0.00692. The van der Waals surface area contributed by atoms with Crippen LogP contribution >= 0.6 is 7.82 Å². The molecule has 0 radical (unpaired) electrons. The molecule has 0 aliphatic carbocycles. The highest BCUT2D eigenvalue weighted by atomic mass is 31.2. The minimum atomic E-state index is -4.56. The number of hydrogen-bond acceptors (Lipinski definition) is 6. The summed E-state index contributed by atoms with van der Waals surface area (Å²) >= 11 is 0. The van der Waals surface area contributed by atoms with E-state index in [0.29, 0.717) is 23.9 Å². The number of likely N-dealkylation sites (N-methyl/N-ethyl adjacent to an activating group) is 1. The van der Waals surface area contributed by atoms with E-state index in [4.69, 9.17) is 9.05 Å². The number of amides is 1. The van der Waals surface area contributed by atoms with Crippen molar-refractivity contribution < 1.29 is 32.9 Å². The van der Waals surface area contributed by atoms with Crippen molar-refractivity contribution in [3.63, 3.8) is 0 Å². The Kier molecular flexibility index (Phi) is 34.0. The minimum Gasteiger partial charge on any atom is -0.756 e. The number of quaternary nitrogens is 1. The van der Waals surface area contributed by atoms with E-state index in [0.717, 1.165) is 44.9 Å². The van der Waals surface area contributed by atoms with Gasteiger partial charge in [0.25, 0.3) is 7.82 Å². The average Bonchev–Trinajstić information content (AvgIpc) is 3.07. The SMILES string of the molecule is CCCCCC/C=C/CCCC[C@@H](O)[C@H](COP(=O)([O-])OCC[N+](C)(C)C)NC(=O)CCCCCCCCCCC/C=C/CCCCCCCC. The number of nitrogens with one attached hydrogen (secondary N) is 1. The smallest absolute Gasteiger partial charge is 0.268 e. The molecule has 1 amide bonds. The number of phosphoric ester groups is 1. The molecule has 0 heterocycles. The third-order valence-electron chi connectivity index (χ3n) is 9.41. The molecular weight excluding hydrogens is 659 g/mol. The van der Waals surface area contributed by atoms with Crippen molar-refractivity contribution in [2.24, 2.45) is 0 Å². The molecule has 0 aromatic carbocycles. The highest BCUT2D eigenvalue weighted by molar-refractivity contribution is 7.45. The third-order valence-corrected chi connectivity index (χ3v) is 10.4. The van der Waals surface area contributed by atoms with Crippen LogP contribution in [0.2, 0.25) is 0 Å². The second-order valence-corrected chi connectivity index (χ2v) is 17.1. The quantitative estimate of drug-likeness (QED) is 0.0282. The van der Waals surface area contributed by atoms with Gasteiger partial charge in [-0.1, -0.05) is 141 Å². The Morgan fingerprint density at radius 3 is 1.55 bits per heavy atom. The monoisotopic (exact) mass is 743 g/mol. The fourth-order valence-corrected chi connectivity index (χ4v) is 6.69. The topological polar surface area (TPSA) is 108 Å². The highest BCUT2D eigenvalue weighted by Gasteiger charge is 2.24. The Balaban J connectivity index is 4.33. The lowest BCUT2D eigenvalue weighted by Gasteiger charge is -2.30. The first-order chi connectivity index (χ1) is 24.5. The van der Waals surface area contributed by atoms with Gasteiger partial charge in [-0.2, -0.15) is 0 Å². The van der Waals surface area contributed by atoms with Crippen LogP contribution < -0.4 is 10.2 Å². The zero-order valence-corrected chi connectivity index (χ0v) is 35.0. The van der Waals surface area contributed by atoms with Crippen LogP contribution in [-0.2, 0) is 18.4 Å². The summed E-state index contributed by atoms with van der Waals surface area (Å²) in [5.41, 5.74) is 0. The van der Waals surface area contributed by atoms with Crippen molar-refractivity contribution in [3.05, 3.63) is 24.3 Å². The fourth-order valence-electron chi connectivity index (χ4n) is 5.97. The molecule has 0 aromatic rings. The summed E-state index contributed by atoms with van der Waals surface area (Å²) in [6, 6.07) is -0.813. The van der Waals surface area contributed by atoms with Crippen molar-refractivity contribution in [2.45, 2.75) is 199 Å². The van der Waals surface area contributed by atoms with Crippen LogP contribution in [0.25, 0.3) is 0 Å². The van der Waals surface area contributed by atoms with E-state index >= 15 is 0 Å². The molecule has 0 aliphatic heterocycles. The normalized spacial score (nSPS) is 14.7. The molecule has 0 saturated carbocycles. The molecule has 0 fully saturated rings. The molecule has 0 aromatic heterocycles. The molecule has 2 N–H and O–H groups in total. The number of hydrogen-bond donors (Lipinski definition) is 2. The van der Waals surface area contributed by atoms with Gasteiger partial charge >= 0.3 is 0 Å². The molecule has 0 bridgehead atoms. The third kappa shape index (κ3) is 37.1. The number of unbranched alkanes of at least 4 members (excludes halogenated alkanes) is 21. The van der Waals surface area contributed by atoms with Crippen molar-refractivity contribution in [3.8, 4) is 0 Å². The lowest BCUT2D eigenvalue weighted by Crippen LogP contribution is -2.46. The van der Waals surface area contributed by atoms with Crippen LogP contribution in [0.15, 0.2) is 24.3 Å². The molecule has 8 nitrogen and oxygen atoms in total. The molecule has 0 aliphatic rings. The number of aliphatic hydroxyl groups is 1. The van der Waals surface area contributed by atoms with E-state index in [1.807, 2.05) is 21.1 Å². The number of nitrogens with zero attached hydrogens (tertiary/aromatic N) is 1. The number of aliphatic hydroxyl groups excluding tert-OH is 1. The Labute approximate surface area is 315 Å². The Morgan fingerprint density at radius 2 is 1.08 bits per heavy atom. The number of rotatable bonds is 38. The molecule has 0 saturated heterocycles. The number of phosphoric acid groups is 1. The second-order valence-electron chi connectivity index (χ2n) is 15.7. The van der Waals surface area contributed by atoms with Gasteiger partial charge in [0.15, 0.2) is 0 Å². The molecule has 1 unspecified atom stereocenters. The van der Waals surface area contributed by atoms with Gasteiger partial charge in [0.05, 0.1) is 39.9 Å². The van der Waals surface area contributed by atoms with Gasteiger partial charge in [0.1, 0.15) is 13.2 Å². The molecule has 9 heteroatoms. The summed E-state index contributed by atoms with van der Waals surface area (Å²) < 4.78 is 23.2. The van der Waals surface area contributed by atoms with Crippen molar-refractivity contribution in [1.82, 2.24) is 5.32 Å². The van der Waals surface area contributed by atoms with Gasteiger partial charge in [-0.3, -0.25) is 9.36 Å². The van der Waals surface area contributed by atoms with Gasteiger partial charge in [-0.05, 0) is 64.2 Å². The van der Waals surface area contributed by atoms with Crippen LogP contribution in [0.1, 0.15) is 187 Å². The number of carbonyl (C=O) groups is 1. The van der Waals surface area contributed by atoms with E-state index in [9.17, 15) is 19.4 Å². The van der Waals surface area contributed by atoms with E-state index in [1.54, 1.807) is 0 Å². The van der Waals surface area contributed by atoms with E-state index in [2.05, 4.69) is 43.5 Å². The first-order valence-electron chi connectivity index (χ1n) is 21.2. The molecular formula is C42H83N2O6P. The Hall–Kier alpha value is -1.02. The lowest BCUT2D eigenvalue weighted by molar-refractivity contribution is -0.870. The van der Waals surface area contributed by atoms with Crippen LogP contribution in [0.4, 0.5) is 0 Å². The van der Waals surface area contributed by atoms with Crippen molar-refractivity contribution >= 4 is 13.7 Å². The summed E-state index contributed by atoms with van der Waals surface area (Å²) in [6.45, 7) is 4.65. The Bertz CT molecular complexity index is 891. The van der Waals surface area contributed by atoms with Crippen LogP contribution in [0.5, 0.6) is 0 Å². The predicted octanol–water partition coefficient (Wildman–Crippen LogP) is 10.7. The van der Waals surface area contributed by atoms with Gasteiger partial charge in [-0.15, -0.1) is 0 Å². The lowest BCUT2D eigenvalue weighted by atomic mass is 10.0. The standard InChI is InChI=1S/C42H83N2O6P/c1-6-8-10-12-14-16-18-19-20-21-22-23-24-25-26-28-30-32-34-36-42(46)43-40(39-50-51(47,48)49-38-37-44(3,4)5)41(45)35-33-31-29-27-17-15-13-11-9-7-2/h17,19-20,27,40-41,45H,6-16,18,21-26,28-39H2,1-5H3,(H-,43,46,47,48)/b20-19+,27-17+/t40-,41+/m0/s1. The first-order valence-corrected chi connectivity index (χ1v) is 22.6. The summed E-state index contributed by atoms with van der Waals surface area (Å²) in [5, 5.41) is 13.8. The Morgan fingerprint density at radius 1 is 0.667 bits per heavy atom. The van der Waals surface area contributed by atoms with Crippen LogP contribution in [0.3, 0.4) is 0 Å². The van der Waals surface area contributed by atoms with Gasteiger partial charge in [-0.25, -0.2) is 0 Å². The fraction of sp³-hybridized carbons (Fsp3) is 0.881. The maximum Gasteiger partial charge on any atom is 0.268 e. The van der Waals surface area contributed by atoms with Crippen molar-refractivity contribution in [1.29, 1.82) is 0 Å². The zero-order chi connectivity index (χ0) is 37.9. The highest BCUT2D eigenvalue weighted by Crippen LogP contribution is 2.38. The first kappa shape index (κ1) is 50.0. The molecule has 0 rings (SSSR count). The number of carbonyl (C=O) groups excluding carboxylic acids is 1. The van der Waals surface area contributed by atoms with E-state index < -0.39 is 20.0 Å². The molecule has 51 heavy (non-hydrogen) atoms. The largest absolute Gasteiger partial charge is 0.756 e. The van der Waals surface area contributed by atoms with Gasteiger partial charge in [0.2, 0.25) is 5.91 Å². The van der Waals surface area contributed by atoms with E-state index in [1.165, 1.54) is 116 Å². The van der Waals surface area contributed by atoms with Crippen molar-refractivity contribution in [2.75, 3.05) is 40.9 Å². The van der Waals surface area contributed by atoms with E-state index in [-0.39, 0.29) is 19.1 Å². The second kappa shape index (κ2) is 34.7. The molecule has 3 atom stereocenters. The maximum absolute atomic E-state index is 12.8. The predicted molar refractivity (Wildman–Crippen MR) is 215 cm³/mol. The van der Waals surface area contributed by atoms with Crippen LogP contribution in [0, 0.1) is 0 Å². The van der Waals surface area contributed by atoms with Crippen LogP contribution in [-0.4, -0.2) is 68.5 Å². The van der Waals surface area contributed by atoms with Gasteiger partial charge in [0, 0.05) is 6.42 Å². The maximum atomic E-state index is 12.8. The summed E-state index contributed by atoms with van der Waals surface area (Å²) in [5.74, 6) is -0.179. The average molecular weight is 743 g/mol. The summed E-state index contributed by atoms with van der Waals surface area (Å²) in [7, 11) is 1.28. The zero-order valence-electron chi connectivity index (χ0n) is 34.1. The molecule has 302 valence electrons. The summed E-state index contributed by atoms with van der Waals surface area (Å²) in [4.78, 5) is 25.2. The summed E-state index contributed by atoms with van der Waals surface area (Å²) in [6.07, 6.45) is 39.0. The number of allylic oxidation sites excluding steroid dienone is 4. The van der Waals surface area contributed by atoms with Gasteiger partial charge < -0.3 is 28.8 Å². The molecule has 0 spiro atoms.